The lowest BCUT2D eigenvalue weighted by atomic mass is 9.86. The van der Waals surface area contributed by atoms with Gasteiger partial charge < -0.3 is 23.8 Å². The van der Waals surface area contributed by atoms with Gasteiger partial charge in [0, 0.05) is 13.1 Å². The normalized spacial score (nSPS) is 17.0. The Labute approximate surface area is 172 Å². The molecule has 1 aliphatic rings. The number of hydrogen-bond donors (Lipinski definition) is 0. The number of alkyl halides is 1. The van der Waals surface area contributed by atoms with Crippen molar-refractivity contribution in [2.45, 2.75) is 44.1 Å². The highest BCUT2D eigenvalue weighted by Gasteiger charge is 2.24. The van der Waals surface area contributed by atoms with Crippen LogP contribution in [0.5, 0.6) is 0 Å². The minimum absolute atomic E-state index is 0.211. The second kappa shape index (κ2) is 15.0. The number of ether oxygens (including phenoxy) is 4. The quantitative estimate of drug-likeness (QED) is 0.215. The number of rotatable bonds is 14. The van der Waals surface area contributed by atoms with E-state index >= 15 is 0 Å². The van der Waals surface area contributed by atoms with E-state index in [9.17, 15) is 4.79 Å². The van der Waals surface area contributed by atoms with Gasteiger partial charge in [-0.1, -0.05) is 36.4 Å². The topological polar surface area (TPSA) is 57.2 Å². The number of hydrogen-bond acceptors (Lipinski definition) is 5. The standard InChI is InChI=1S/C19H36INO5/c1-16(2)18-4-7-21(8-5-18)19(22)6-9-23-10-11-24-12-13-25-14-15-26-17(3)20/h16-18H,4-15H2,1-3H3. The largest absolute Gasteiger partial charge is 0.379 e. The summed E-state index contributed by atoms with van der Waals surface area (Å²) in [7, 11) is 0. The summed E-state index contributed by atoms with van der Waals surface area (Å²) < 4.78 is 21.9. The lowest BCUT2D eigenvalue weighted by molar-refractivity contribution is -0.134. The van der Waals surface area contributed by atoms with E-state index in [1.54, 1.807) is 0 Å². The summed E-state index contributed by atoms with van der Waals surface area (Å²) in [6.07, 6.45) is 2.72. The Morgan fingerprint density at radius 2 is 1.42 bits per heavy atom. The summed E-state index contributed by atoms with van der Waals surface area (Å²) in [4.78, 5) is 14.1. The Kier molecular flexibility index (Phi) is 13.9. The van der Waals surface area contributed by atoms with Gasteiger partial charge in [0.25, 0.3) is 0 Å². The Bertz CT molecular complexity index is 360. The molecule has 0 aromatic carbocycles. The maximum atomic E-state index is 12.2. The summed E-state index contributed by atoms with van der Waals surface area (Å²) in [5.41, 5.74) is 0. The monoisotopic (exact) mass is 485 g/mol. The maximum absolute atomic E-state index is 12.2. The van der Waals surface area contributed by atoms with Crippen molar-refractivity contribution in [3.8, 4) is 0 Å². The van der Waals surface area contributed by atoms with Crippen LogP contribution in [0.2, 0.25) is 0 Å². The van der Waals surface area contributed by atoms with Gasteiger partial charge >= 0.3 is 0 Å². The van der Waals surface area contributed by atoms with Crippen molar-refractivity contribution < 1.29 is 23.7 Å². The first-order valence-corrected chi connectivity index (χ1v) is 11.0. The molecule has 0 spiro atoms. The van der Waals surface area contributed by atoms with Crippen molar-refractivity contribution in [2.24, 2.45) is 11.8 Å². The Morgan fingerprint density at radius 3 is 1.92 bits per heavy atom. The van der Waals surface area contributed by atoms with E-state index in [0.717, 1.165) is 31.8 Å². The molecule has 0 N–H and O–H groups in total. The zero-order chi connectivity index (χ0) is 19.2. The smallest absolute Gasteiger partial charge is 0.224 e. The molecule has 0 saturated carbocycles. The molecule has 0 aromatic rings. The first-order chi connectivity index (χ1) is 12.5. The first-order valence-electron chi connectivity index (χ1n) is 9.77. The fraction of sp³-hybridized carbons (Fsp3) is 0.947. The summed E-state index contributed by atoms with van der Waals surface area (Å²) in [5.74, 6) is 1.69. The van der Waals surface area contributed by atoms with Gasteiger partial charge in [0.05, 0.1) is 52.7 Å². The van der Waals surface area contributed by atoms with Crippen molar-refractivity contribution >= 4 is 28.5 Å². The van der Waals surface area contributed by atoms with Crippen molar-refractivity contribution in [3.63, 3.8) is 0 Å². The molecule has 1 unspecified atom stereocenters. The van der Waals surface area contributed by atoms with Gasteiger partial charge in [-0.3, -0.25) is 4.79 Å². The summed E-state index contributed by atoms with van der Waals surface area (Å²) in [5, 5.41) is 0. The average Bonchev–Trinajstić information content (AvgIpc) is 2.62. The Morgan fingerprint density at radius 1 is 0.923 bits per heavy atom. The highest BCUT2D eigenvalue weighted by atomic mass is 127. The number of amides is 1. The number of nitrogens with zero attached hydrogens (tertiary/aromatic N) is 1. The van der Waals surface area contributed by atoms with Crippen LogP contribution in [0.1, 0.15) is 40.0 Å². The predicted molar refractivity (Wildman–Crippen MR) is 111 cm³/mol. The van der Waals surface area contributed by atoms with Crippen LogP contribution in [0.15, 0.2) is 0 Å². The van der Waals surface area contributed by atoms with Crippen molar-refractivity contribution in [1.29, 1.82) is 0 Å². The van der Waals surface area contributed by atoms with Gasteiger partial charge in [0.1, 0.15) is 4.11 Å². The minimum Gasteiger partial charge on any atom is -0.379 e. The molecule has 1 atom stereocenters. The van der Waals surface area contributed by atoms with Crippen LogP contribution < -0.4 is 0 Å². The molecule has 1 rings (SSSR count). The van der Waals surface area contributed by atoms with Crippen molar-refractivity contribution in [2.75, 3.05) is 59.3 Å². The number of carbonyl (C=O) groups is 1. The first kappa shape index (κ1) is 24.1. The highest BCUT2D eigenvalue weighted by molar-refractivity contribution is 14.1. The number of halogens is 1. The van der Waals surface area contributed by atoms with E-state index in [-0.39, 0.29) is 10.0 Å². The van der Waals surface area contributed by atoms with Gasteiger partial charge in [0.15, 0.2) is 0 Å². The van der Waals surface area contributed by atoms with Crippen LogP contribution in [-0.4, -0.2) is 74.3 Å². The molecule has 1 heterocycles. The number of carbonyl (C=O) groups excluding carboxylic acids is 1. The molecule has 26 heavy (non-hydrogen) atoms. The molecule has 0 aromatic heterocycles. The minimum atomic E-state index is 0.211. The molecule has 1 aliphatic heterocycles. The zero-order valence-electron chi connectivity index (χ0n) is 16.6. The fourth-order valence-corrected chi connectivity index (χ4v) is 3.20. The SMILES string of the molecule is CC(I)OCCOCCOCCOCCC(=O)N1CCC(C(C)C)CC1. The van der Waals surface area contributed by atoms with Crippen LogP contribution in [0, 0.1) is 11.8 Å². The number of likely N-dealkylation sites (tertiary alicyclic amines) is 1. The Balaban J connectivity index is 1.86. The second-order valence-electron chi connectivity index (χ2n) is 6.96. The van der Waals surface area contributed by atoms with Crippen LogP contribution in [0.25, 0.3) is 0 Å². The third kappa shape index (κ3) is 11.7. The molecule has 7 heteroatoms. The fourth-order valence-electron chi connectivity index (χ4n) is 2.94. The van der Waals surface area contributed by atoms with Gasteiger partial charge in [0.2, 0.25) is 5.91 Å². The molecule has 0 bridgehead atoms. The van der Waals surface area contributed by atoms with E-state index in [1.165, 1.54) is 0 Å². The molecule has 6 nitrogen and oxygen atoms in total. The molecular weight excluding hydrogens is 449 g/mol. The lowest BCUT2D eigenvalue weighted by Gasteiger charge is -2.34. The molecule has 1 amide bonds. The van der Waals surface area contributed by atoms with E-state index in [0.29, 0.717) is 58.6 Å². The Hall–Kier alpha value is 0.0400. The average molecular weight is 485 g/mol. The van der Waals surface area contributed by atoms with Crippen molar-refractivity contribution in [3.05, 3.63) is 0 Å². The van der Waals surface area contributed by atoms with Crippen LogP contribution in [0.4, 0.5) is 0 Å². The van der Waals surface area contributed by atoms with Crippen LogP contribution >= 0.6 is 22.6 Å². The summed E-state index contributed by atoms with van der Waals surface area (Å²) in [6.45, 7) is 12.1. The molecular formula is C19H36INO5. The summed E-state index contributed by atoms with van der Waals surface area (Å²) in [6, 6.07) is 0. The van der Waals surface area contributed by atoms with Crippen LogP contribution in [-0.2, 0) is 23.7 Å². The van der Waals surface area contributed by atoms with E-state index < -0.39 is 0 Å². The lowest BCUT2D eigenvalue weighted by Crippen LogP contribution is -2.39. The number of piperidine rings is 1. The van der Waals surface area contributed by atoms with Gasteiger partial charge in [-0.15, -0.1) is 0 Å². The van der Waals surface area contributed by atoms with E-state index in [4.69, 9.17) is 18.9 Å². The van der Waals surface area contributed by atoms with Gasteiger partial charge in [-0.2, -0.15) is 0 Å². The highest BCUT2D eigenvalue weighted by Crippen LogP contribution is 2.24. The predicted octanol–water partition coefficient (Wildman–Crippen LogP) is 3.12. The van der Waals surface area contributed by atoms with Crippen molar-refractivity contribution in [1.82, 2.24) is 4.90 Å². The van der Waals surface area contributed by atoms with Gasteiger partial charge in [-0.25, -0.2) is 0 Å². The molecule has 0 aliphatic carbocycles. The van der Waals surface area contributed by atoms with E-state index in [1.807, 2.05) is 11.8 Å². The molecule has 0 radical (unpaired) electrons. The summed E-state index contributed by atoms with van der Waals surface area (Å²) >= 11 is 2.21. The van der Waals surface area contributed by atoms with Crippen LogP contribution in [0.3, 0.4) is 0 Å². The third-order valence-electron chi connectivity index (χ3n) is 4.61. The molecule has 154 valence electrons. The third-order valence-corrected chi connectivity index (χ3v) is 4.97. The van der Waals surface area contributed by atoms with Gasteiger partial charge in [-0.05, 0) is 31.6 Å². The van der Waals surface area contributed by atoms with E-state index in [2.05, 4.69) is 36.4 Å². The molecule has 1 fully saturated rings. The second-order valence-corrected chi connectivity index (χ2v) is 8.72. The maximum Gasteiger partial charge on any atom is 0.224 e. The molecule has 1 saturated heterocycles. The zero-order valence-corrected chi connectivity index (χ0v) is 18.7.